The predicted octanol–water partition coefficient (Wildman–Crippen LogP) is 3.61. The molecule has 0 unspecified atom stereocenters. The van der Waals surface area contributed by atoms with E-state index in [0.29, 0.717) is 28.2 Å². The number of rotatable bonds is 4. The molecule has 6 heteroatoms. The van der Waals surface area contributed by atoms with Crippen LogP contribution in [0.3, 0.4) is 0 Å². The maximum atomic E-state index is 12.4. The number of anilines is 1. The first-order chi connectivity index (χ1) is 11.1. The Morgan fingerprint density at radius 2 is 2.13 bits per heavy atom. The van der Waals surface area contributed by atoms with Crippen molar-refractivity contribution < 1.29 is 13.9 Å². The first-order valence-corrected chi connectivity index (χ1v) is 7.29. The molecule has 0 radical (unpaired) electrons. The minimum atomic E-state index is -0.290. The fourth-order valence-electron chi connectivity index (χ4n) is 2.19. The summed E-state index contributed by atoms with van der Waals surface area (Å²) in [6, 6.07) is 8.70. The van der Waals surface area contributed by atoms with E-state index in [4.69, 9.17) is 9.15 Å². The number of benzene rings is 1. The van der Waals surface area contributed by atoms with Crippen LogP contribution in [0.25, 0.3) is 11.1 Å². The summed E-state index contributed by atoms with van der Waals surface area (Å²) in [7, 11) is 1.48. The highest BCUT2D eigenvalue weighted by Crippen LogP contribution is 2.24. The lowest BCUT2D eigenvalue weighted by molar-refractivity contribution is 0.102. The SMILES string of the molecule is COc1ncccc1C(=O)Nc1ccc2oc(C(C)C)nc2c1. The average Bonchev–Trinajstić information content (AvgIpc) is 2.98. The number of fused-ring (bicyclic) bond motifs is 1. The highest BCUT2D eigenvalue weighted by molar-refractivity contribution is 6.06. The quantitative estimate of drug-likeness (QED) is 0.796. The molecule has 2 heterocycles. The summed E-state index contributed by atoms with van der Waals surface area (Å²) in [6.07, 6.45) is 1.57. The number of carbonyl (C=O) groups is 1. The van der Waals surface area contributed by atoms with Crippen molar-refractivity contribution in [3.8, 4) is 5.88 Å². The van der Waals surface area contributed by atoms with Crippen LogP contribution in [-0.2, 0) is 0 Å². The molecule has 0 bridgehead atoms. The van der Waals surface area contributed by atoms with E-state index >= 15 is 0 Å². The molecule has 0 atom stereocenters. The smallest absolute Gasteiger partial charge is 0.261 e. The monoisotopic (exact) mass is 311 g/mol. The van der Waals surface area contributed by atoms with Crippen molar-refractivity contribution in [1.29, 1.82) is 0 Å². The fraction of sp³-hybridized carbons (Fsp3) is 0.235. The fourth-order valence-corrected chi connectivity index (χ4v) is 2.19. The molecule has 3 aromatic rings. The van der Waals surface area contributed by atoms with E-state index in [0.717, 1.165) is 0 Å². The predicted molar refractivity (Wildman–Crippen MR) is 86.8 cm³/mol. The van der Waals surface area contributed by atoms with E-state index in [1.165, 1.54) is 7.11 Å². The lowest BCUT2D eigenvalue weighted by Gasteiger charge is -2.07. The maximum absolute atomic E-state index is 12.4. The summed E-state index contributed by atoms with van der Waals surface area (Å²) in [5, 5.41) is 2.82. The van der Waals surface area contributed by atoms with Crippen molar-refractivity contribution in [2.45, 2.75) is 19.8 Å². The van der Waals surface area contributed by atoms with Crippen LogP contribution in [0.1, 0.15) is 36.0 Å². The Hall–Kier alpha value is -2.89. The number of carbonyl (C=O) groups excluding carboxylic acids is 1. The summed E-state index contributed by atoms with van der Waals surface area (Å²) >= 11 is 0. The van der Waals surface area contributed by atoms with Crippen LogP contribution in [-0.4, -0.2) is 23.0 Å². The van der Waals surface area contributed by atoms with Gasteiger partial charge in [-0.05, 0) is 30.3 Å². The number of oxazole rings is 1. The summed E-state index contributed by atoms with van der Waals surface area (Å²) < 4.78 is 10.8. The van der Waals surface area contributed by atoms with Crippen LogP contribution in [0.15, 0.2) is 40.9 Å². The van der Waals surface area contributed by atoms with Crippen LogP contribution in [0.4, 0.5) is 5.69 Å². The van der Waals surface area contributed by atoms with E-state index in [-0.39, 0.29) is 17.7 Å². The van der Waals surface area contributed by atoms with Gasteiger partial charge in [0.05, 0.1) is 7.11 Å². The first-order valence-electron chi connectivity index (χ1n) is 7.29. The maximum Gasteiger partial charge on any atom is 0.261 e. The molecule has 118 valence electrons. The van der Waals surface area contributed by atoms with Crippen molar-refractivity contribution >= 4 is 22.7 Å². The van der Waals surface area contributed by atoms with Gasteiger partial charge in [0.1, 0.15) is 11.1 Å². The van der Waals surface area contributed by atoms with Crippen LogP contribution in [0, 0.1) is 0 Å². The Kier molecular flexibility index (Phi) is 3.97. The van der Waals surface area contributed by atoms with E-state index in [2.05, 4.69) is 15.3 Å². The highest BCUT2D eigenvalue weighted by Gasteiger charge is 2.14. The molecular formula is C17H17N3O3. The number of amides is 1. The van der Waals surface area contributed by atoms with E-state index in [9.17, 15) is 4.79 Å². The van der Waals surface area contributed by atoms with Crippen LogP contribution < -0.4 is 10.1 Å². The van der Waals surface area contributed by atoms with Gasteiger partial charge in [-0.1, -0.05) is 13.8 Å². The molecular weight excluding hydrogens is 294 g/mol. The van der Waals surface area contributed by atoms with Gasteiger partial charge in [0.2, 0.25) is 5.88 Å². The molecule has 0 aliphatic heterocycles. The van der Waals surface area contributed by atoms with Gasteiger partial charge in [-0.25, -0.2) is 9.97 Å². The molecule has 1 amide bonds. The number of nitrogens with zero attached hydrogens (tertiary/aromatic N) is 2. The van der Waals surface area contributed by atoms with Crippen LogP contribution >= 0.6 is 0 Å². The average molecular weight is 311 g/mol. The summed E-state index contributed by atoms with van der Waals surface area (Å²) in [5.41, 5.74) is 2.42. The first kappa shape index (κ1) is 15.0. The van der Waals surface area contributed by atoms with Crippen molar-refractivity contribution in [2.24, 2.45) is 0 Å². The van der Waals surface area contributed by atoms with Crippen molar-refractivity contribution in [3.63, 3.8) is 0 Å². The van der Waals surface area contributed by atoms with Gasteiger partial charge in [0.15, 0.2) is 11.5 Å². The van der Waals surface area contributed by atoms with Gasteiger partial charge in [-0.3, -0.25) is 4.79 Å². The number of methoxy groups -OCH3 is 1. The topological polar surface area (TPSA) is 77.2 Å². The Balaban J connectivity index is 1.87. The number of hydrogen-bond acceptors (Lipinski definition) is 5. The molecule has 1 N–H and O–H groups in total. The molecule has 0 aliphatic carbocycles. The van der Waals surface area contributed by atoms with Gasteiger partial charge in [0, 0.05) is 17.8 Å². The molecule has 3 rings (SSSR count). The summed E-state index contributed by atoms with van der Waals surface area (Å²) in [5.74, 6) is 0.883. The second-order valence-corrected chi connectivity index (χ2v) is 5.40. The molecule has 1 aromatic carbocycles. The lowest BCUT2D eigenvalue weighted by atomic mass is 10.2. The molecule has 0 aliphatic rings. The van der Waals surface area contributed by atoms with Crippen molar-refractivity contribution in [1.82, 2.24) is 9.97 Å². The second-order valence-electron chi connectivity index (χ2n) is 5.40. The van der Waals surface area contributed by atoms with Gasteiger partial charge in [-0.15, -0.1) is 0 Å². The zero-order chi connectivity index (χ0) is 16.4. The van der Waals surface area contributed by atoms with Gasteiger partial charge in [0.25, 0.3) is 5.91 Å². The standard InChI is InChI=1S/C17H17N3O3/c1-10(2)16-20-13-9-11(6-7-14(13)23-16)19-15(21)12-5-4-8-18-17(12)22-3/h4-10H,1-3H3,(H,19,21). The van der Waals surface area contributed by atoms with Gasteiger partial charge in [-0.2, -0.15) is 0 Å². The van der Waals surface area contributed by atoms with Crippen LogP contribution in [0.2, 0.25) is 0 Å². The summed E-state index contributed by atoms with van der Waals surface area (Å²) in [6.45, 7) is 4.03. The van der Waals surface area contributed by atoms with Gasteiger partial charge < -0.3 is 14.5 Å². The largest absolute Gasteiger partial charge is 0.480 e. The Labute approximate surface area is 133 Å². The molecule has 0 saturated heterocycles. The third-order valence-electron chi connectivity index (χ3n) is 3.37. The number of hydrogen-bond donors (Lipinski definition) is 1. The van der Waals surface area contributed by atoms with E-state index in [1.54, 1.807) is 36.5 Å². The van der Waals surface area contributed by atoms with E-state index in [1.807, 2.05) is 13.8 Å². The number of ether oxygens (including phenoxy) is 1. The Bertz CT molecular complexity index is 855. The highest BCUT2D eigenvalue weighted by atomic mass is 16.5. The zero-order valence-corrected chi connectivity index (χ0v) is 13.2. The van der Waals surface area contributed by atoms with Gasteiger partial charge >= 0.3 is 0 Å². The van der Waals surface area contributed by atoms with Crippen LogP contribution in [0.5, 0.6) is 5.88 Å². The second kappa shape index (κ2) is 6.08. The zero-order valence-electron chi connectivity index (χ0n) is 13.2. The number of pyridine rings is 1. The third kappa shape index (κ3) is 3.01. The normalized spacial score (nSPS) is 11.0. The molecule has 0 saturated carbocycles. The summed E-state index contributed by atoms with van der Waals surface area (Å²) in [4.78, 5) is 20.8. The third-order valence-corrected chi connectivity index (χ3v) is 3.37. The Morgan fingerprint density at radius 1 is 1.30 bits per heavy atom. The molecule has 23 heavy (non-hydrogen) atoms. The number of nitrogens with one attached hydrogen (secondary N) is 1. The molecule has 0 fully saturated rings. The number of aromatic nitrogens is 2. The lowest BCUT2D eigenvalue weighted by Crippen LogP contribution is -2.13. The minimum Gasteiger partial charge on any atom is -0.480 e. The van der Waals surface area contributed by atoms with E-state index < -0.39 is 0 Å². The Morgan fingerprint density at radius 3 is 2.87 bits per heavy atom. The van der Waals surface area contributed by atoms with Crippen molar-refractivity contribution in [2.75, 3.05) is 12.4 Å². The molecule has 0 spiro atoms. The minimum absolute atomic E-state index is 0.208. The molecule has 6 nitrogen and oxygen atoms in total. The van der Waals surface area contributed by atoms with Crippen molar-refractivity contribution in [3.05, 3.63) is 48.0 Å². The molecule has 2 aromatic heterocycles.